The third-order valence-electron chi connectivity index (χ3n) is 6.87. The van der Waals surface area contributed by atoms with E-state index in [2.05, 4.69) is 22.1 Å². The second-order valence-electron chi connectivity index (χ2n) is 9.08. The van der Waals surface area contributed by atoms with E-state index in [0.29, 0.717) is 29.1 Å². The molecule has 0 amide bonds. The van der Waals surface area contributed by atoms with Gasteiger partial charge in [0.05, 0.1) is 5.75 Å². The van der Waals surface area contributed by atoms with Crippen LogP contribution in [0.25, 0.3) is 0 Å². The molecule has 4 saturated carbocycles. The van der Waals surface area contributed by atoms with E-state index in [-0.39, 0.29) is 5.41 Å². The van der Waals surface area contributed by atoms with E-state index in [9.17, 15) is 4.79 Å². The standard InChI is InChI=1S/C22H27N3O2S/c1-14-2-4-18(5-3-14)27-12-20-23-21(25-24-20)28-13-19(26)22-9-15-6-16(10-22)8-17(7-15)11-22/h2-5,15-17H,6-13H2,1H3,(H,23,24,25). The number of hydrogen-bond acceptors (Lipinski definition) is 5. The molecule has 6 heteroatoms. The van der Waals surface area contributed by atoms with Gasteiger partial charge in [-0.25, -0.2) is 4.98 Å². The molecule has 1 N–H and O–H groups in total. The topological polar surface area (TPSA) is 67.9 Å². The molecule has 0 unspecified atom stereocenters. The Kier molecular flexibility index (Phi) is 4.69. The summed E-state index contributed by atoms with van der Waals surface area (Å²) in [5.74, 6) is 4.82. The van der Waals surface area contributed by atoms with Gasteiger partial charge in [0, 0.05) is 5.41 Å². The molecule has 4 fully saturated rings. The summed E-state index contributed by atoms with van der Waals surface area (Å²) in [6.45, 7) is 2.40. The van der Waals surface area contributed by atoms with Gasteiger partial charge in [0.2, 0.25) is 5.16 Å². The first-order valence-electron chi connectivity index (χ1n) is 10.3. The Morgan fingerprint density at radius 2 is 1.79 bits per heavy atom. The van der Waals surface area contributed by atoms with Gasteiger partial charge >= 0.3 is 0 Å². The molecule has 2 aromatic rings. The molecule has 6 rings (SSSR count). The molecule has 0 aliphatic heterocycles. The van der Waals surface area contributed by atoms with Crippen molar-refractivity contribution in [2.75, 3.05) is 5.75 Å². The number of ketones is 1. The summed E-state index contributed by atoms with van der Waals surface area (Å²) in [5.41, 5.74) is 1.17. The van der Waals surface area contributed by atoms with Crippen LogP contribution in [-0.2, 0) is 11.4 Å². The molecular weight excluding hydrogens is 370 g/mol. The summed E-state index contributed by atoms with van der Waals surface area (Å²) in [7, 11) is 0. The van der Waals surface area contributed by atoms with Crippen molar-refractivity contribution >= 4 is 17.5 Å². The first-order valence-corrected chi connectivity index (χ1v) is 11.3. The highest BCUT2D eigenvalue weighted by Gasteiger charge is 2.54. The predicted molar refractivity (Wildman–Crippen MR) is 108 cm³/mol. The molecule has 148 valence electrons. The van der Waals surface area contributed by atoms with Crippen LogP contribution < -0.4 is 4.74 Å². The number of ether oxygens (including phenoxy) is 1. The number of aromatic amines is 1. The zero-order valence-electron chi connectivity index (χ0n) is 16.3. The van der Waals surface area contributed by atoms with E-state index < -0.39 is 0 Å². The number of benzene rings is 1. The minimum Gasteiger partial charge on any atom is -0.486 e. The van der Waals surface area contributed by atoms with Crippen molar-refractivity contribution < 1.29 is 9.53 Å². The van der Waals surface area contributed by atoms with Crippen molar-refractivity contribution in [2.45, 2.75) is 57.2 Å². The number of rotatable bonds is 7. The first kappa shape index (κ1) is 18.2. The van der Waals surface area contributed by atoms with E-state index in [1.54, 1.807) is 0 Å². The molecule has 1 aromatic carbocycles. The Hall–Kier alpha value is -1.82. The summed E-state index contributed by atoms with van der Waals surface area (Å²) in [5, 5.41) is 7.82. The zero-order chi connectivity index (χ0) is 19.1. The van der Waals surface area contributed by atoms with Crippen LogP contribution >= 0.6 is 11.8 Å². The van der Waals surface area contributed by atoms with Crippen LogP contribution in [0, 0.1) is 30.1 Å². The summed E-state index contributed by atoms with van der Waals surface area (Å²) >= 11 is 1.46. The summed E-state index contributed by atoms with van der Waals surface area (Å²) < 4.78 is 5.74. The van der Waals surface area contributed by atoms with Crippen molar-refractivity contribution in [2.24, 2.45) is 23.2 Å². The van der Waals surface area contributed by atoms with Crippen LogP contribution in [0.4, 0.5) is 0 Å². The average molecular weight is 398 g/mol. The SMILES string of the molecule is Cc1ccc(OCc2nc(SCC(=O)C34CC5CC(CC(C5)C3)C4)n[nH]2)cc1. The molecule has 4 aliphatic carbocycles. The van der Waals surface area contributed by atoms with Crippen molar-refractivity contribution in [3.05, 3.63) is 35.7 Å². The number of carbonyl (C=O) groups excluding carboxylic acids is 1. The van der Waals surface area contributed by atoms with Crippen molar-refractivity contribution in [1.82, 2.24) is 15.2 Å². The Balaban J connectivity index is 1.15. The van der Waals surface area contributed by atoms with E-state index in [1.807, 2.05) is 24.3 Å². The second-order valence-corrected chi connectivity index (χ2v) is 10.0. The average Bonchev–Trinajstić information content (AvgIpc) is 3.12. The number of nitrogens with one attached hydrogen (secondary N) is 1. The molecule has 0 saturated heterocycles. The van der Waals surface area contributed by atoms with Gasteiger partial charge in [0.25, 0.3) is 0 Å². The van der Waals surface area contributed by atoms with Gasteiger partial charge in [0.1, 0.15) is 18.1 Å². The monoisotopic (exact) mass is 397 g/mol. The molecule has 28 heavy (non-hydrogen) atoms. The van der Waals surface area contributed by atoms with Gasteiger partial charge in [-0.3, -0.25) is 9.89 Å². The van der Waals surface area contributed by atoms with Gasteiger partial charge in [-0.15, -0.1) is 5.10 Å². The quantitative estimate of drug-likeness (QED) is 0.693. The molecule has 4 aliphatic rings. The Bertz CT molecular complexity index is 826. The number of thioether (sulfide) groups is 1. The molecule has 0 spiro atoms. The van der Waals surface area contributed by atoms with Crippen LogP contribution in [0.1, 0.15) is 49.9 Å². The maximum absolute atomic E-state index is 13.1. The van der Waals surface area contributed by atoms with Gasteiger partial charge < -0.3 is 4.74 Å². The summed E-state index contributed by atoms with van der Waals surface area (Å²) in [6.07, 6.45) is 7.48. The Morgan fingerprint density at radius 3 is 2.43 bits per heavy atom. The van der Waals surface area contributed by atoms with Gasteiger partial charge in [-0.2, -0.15) is 0 Å². The van der Waals surface area contributed by atoms with E-state index in [4.69, 9.17) is 4.74 Å². The summed E-state index contributed by atoms with van der Waals surface area (Å²) in [6, 6.07) is 7.94. The highest BCUT2D eigenvalue weighted by atomic mass is 32.2. The fourth-order valence-electron chi connectivity index (χ4n) is 5.93. The zero-order valence-corrected chi connectivity index (χ0v) is 17.1. The first-order chi connectivity index (χ1) is 13.6. The van der Waals surface area contributed by atoms with Crippen molar-refractivity contribution in [3.63, 3.8) is 0 Å². The highest BCUT2D eigenvalue weighted by molar-refractivity contribution is 7.99. The van der Waals surface area contributed by atoms with Crippen LogP contribution in [0.5, 0.6) is 5.75 Å². The Labute approximate surface area is 170 Å². The normalized spacial score (nSPS) is 30.5. The third kappa shape index (κ3) is 3.59. The van der Waals surface area contributed by atoms with E-state index in [0.717, 1.165) is 42.8 Å². The number of H-pyrrole nitrogens is 1. The molecular formula is C22H27N3O2S. The van der Waals surface area contributed by atoms with Crippen molar-refractivity contribution in [1.29, 1.82) is 0 Å². The maximum atomic E-state index is 13.1. The lowest BCUT2D eigenvalue weighted by Gasteiger charge is -2.56. The van der Waals surface area contributed by atoms with Gasteiger partial charge in [-0.1, -0.05) is 29.5 Å². The van der Waals surface area contributed by atoms with Crippen LogP contribution in [0.2, 0.25) is 0 Å². The predicted octanol–water partition coefficient (Wildman–Crippen LogP) is 4.57. The van der Waals surface area contributed by atoms with Gasteiger partial charge in [-0.05, 0) is 75.3 Å². The largest absolute Gasteiger partial charge is 0.486 e. The molecule has 1 heterocycles. The van der Waals surface area contributed by atoms with Crippen LogP contribution in [0.15, 0.2) is 29.4 Å². The number of Topliss-reactive ketones (excluding diaryl/α,β-unsaturated/α-hetero) is 1. The lowest BCUT2D eigenvalue weighted by Crippen LogP contribution is -2.50. The lowest BCUT2D eigenvalue weighted by atomic mass is 9.48. The molecule has 5 nitrogen and oxygen atoms in total. The summed E-state index contributed by atoms with van der Waals surface area (Å²) in [4.78, 5) is 17.6. The number of nitrogens with zero attached hydrogens (tertiary/aromatic N) is 2. The molecule has 0 radical (unpaired) electrons. The van der Waals surface area contributed by atoms with Crippen molar-refractivity contribution in [3.8, 4) is 5.75 Å². The fourth-order valence-corrected chi connectivity index (χ4v) is 6.78. The molecule has 4 bridgehead atoms. The van der Waals surface area contributed by atoms with Gasteiger partial charge in [0.15, 0.2) is 5.82 Å². The number of carbonyl (C=O) groups is 1. The lowest BCUT2D eigenvalue weighted by molar-refractivity contribution is -0.141. The van der Waals surface area contributed by atoms with E-state index in [1.165, 1.54) is 36.6 Å². The smallest absolute Gasteiger partial charge is 0.208 e. The third-order valence-corrected chi connectivity index (χ3v) is 7.72. The maximum Gasteiger partial charge on any atom is 0.208 e. The van der Waals surface area contributed by atoms with Crippen LogP contribution in [0.3, 0.4) is 0 Å². The van der Waals surface area contributed by atoms with Crippen LogP contribution in [-0.4, -0.2) is 26.7 Å². The number of aromatic nitrogens is 3. The molecule has 0 atom stereocenters. The second kappa shape index (κ2) is 7.21. The van der Waals surface area contributed by atoms with E-state index >= 15 is 0 Å². The number of aryl methyl sites for hydroxylation is 1. The number of hydrogen-bond donors (Lipinski definition) is 1. The molecule has 1 aromatic heterocycles. The highest BCUT2D eigenvalue weighted by Crippen LogP contribution is 2.60. The minimum atomic E-state index is -0.0323. The Morgan fingerprint density at radius 1 is 1.14 bits per heavy atom. The fraction of sp³-hybridized carbons (Fsp3) is 0.591. The minimum absolute atomic E-state index is 0.0323.